The summed E-state index contributed by atoms with van der Waals surface area (Å²) in [4.78, 5) is 31.2. The third-order valence-corrected chi connectivity index (χ3v) is 5.76. The molecule has 2 heterocycles. The molecule has 1 saturated heterocycles. The minimum atomic E-state index is -0.127. The molecule has 1 aromatic carbocycles. The van der Waals surface area contributed by atoms with Crippen LogP contribution in [0.2, 0.25) is 0 Å². The number of aryl methyl sites for hydroxylation is 2. The SMILES string of the molecule is CCOC1CCN(C(=O)c2ccc(C)c(NC(=O)CSc3nccn3C)c2)C1. The Labute approximate surface area is 169 Å². The number of anilines is 1. The molecule has 1 aromatic heterocycles. The van der Waals surface area contributed by atoms with E-state index in [0.717, 1.165) is 17.1 Å². The monoisotopic (exact) mass is 402 g/mol. The second kappa shape index (κ2) is 9.25. The number of amides is 2. The van der Waals surface area contributed by atoms with E-state index in [9.17, 15) is 9.59 Å². The Balaban J connectivity index is 1.62. The number of benzene rings is 1. The Bertz CT molecular complexity index is 852. The summed E-state index contributed by atoms with van der Waals surface area (Å²) in [5, 5.41) is 3.70. The molecule has 0 radical (unpaired) electrons. The fourth-order valence-corrected chi connectivity index (χ4v) is 3.90. The zero-order valence-electron chi connectivity index (χ0n) is 16.5. The lowest BCUT2D eigenvalue weighted by Gasteiger charge is -2.18. The topological polar surface area (TPSA) is 76.5 Å². The summed E-state index contributed by atoms with van der Waals surface area (Å²) in [6.45, 7) is 5.84. The number of imidazole rings is 1. The van der Waals surface area contributed by atoms with Gasteiger partial charge in [0, 0.05) is 50.4 Å². The van der Waals surface area contributed by atoms with Crippen LogP contribution in [-0.4, -0.2) is 57.8 Å². The molecule has 0 saturated carbocycles. The fraction of sp³-hybridized carbons (Fsp3) is 0.450. The van der Waals surface area contributed by atoms with Gasteiger partial charge in [0.1, 0.15) is 0 Å². The van der Waals surface area contributed by atoms with E-state index in [4.69, 9.17) is 4.74 Å². The van der Waals surface area contributed by atoms with Crippen LogP contribution >= 0.6 is 11.8 Å². The molecule has 150 valence electrons. The number of rotatable bonds is 7. The van der Waals surface area contributed by atoms with E-state index >= 15 is 0 Å². The van der Waals surface area contributed by atoms with Crippen molar-refractivity contribution in [2.45, 2.75) is 31.5 Å². The molecule has 0 spiro atoms. The van der Waals surface area contributed by atoms with Gasteiger partial charge in [-0.1, -0.05) is 17.8 Å². The van der Waals surface area contributed by atoms with E-state index in [1.54, 1.807) is 12.3 Å². The van der Waals surface area contributed by atoms with Gasteiger partial charge in [0.05, 0.1) is 11.9 Å². The first-order valence-corrected chi connectivity index (χ1v) is 10.4. The zero-order valence-corrected chi connectivity index (χ0v) is 17.3. The van der Waals surface area contributed by atoms with E-state index in [2.05, 4.69) is 10.3 Å². The molecule has 2 amide bonds. The maximum atomic E-state index is 12.8. The average Bonchev–Trinajstić information content (AvgIpc) is 3.30. The Hall–Kier alpha value is -2.32. The van der Waals surface area contributed by atoms with Crippen LogP contribution in [0, 0.1) is 6.92 Å². The van der Waals surface area contributed by atoms with Crippen molar-refractivity contribution in [3.8, 4) is 0 Å². The minimum absolute atomic E-state index is 0.0277. The number of ether oxygens (including phenoxy) is 1. The first-order valence-electron chi connectivity index (χ1n) is 9.39. The van der Waals surface area contributed by atoms with Crippen LogP contribution in [0.15, 0.2) is 35.7 Å². The Morgan fingerprint density at radius 2 is 2.21 bits per heavy atom. The highest BCUT2D eigenvalue weighted by atomic mass is 32.2. The van der Waals surface area contributed by atoms with Gasteiger partial charge in [-0.15, -0.1) is 0 Å². The predicted molar refractivity (Wildman–Crippen MR) is 110 cm³/mol. The van der Waals surface area contributed by atoms with Crippen LogP contribution in [0.1, 0.15) is 29.3 Å². The molecule has 1 aliphatic rings. The number of carbonyl (C=O) groups excluding carboxylic acids is 2. The van der Waals surface area contributed by atoms with E-state index in [0.29, 0.717) is 30.9 Å². The highest BCUT2D eigenvalue weighted by Crippen LogP contribution is 2.22. The largest absolute Gasteiger partial charge is 0.377 e. The van der Waals surface area contributed by atoms with Gasteiger partial charge in [0.15, 0.2) is 5.16 Å². The van der Waals surface area contributed by atoms with E-state index in [1.165, 1.54) is 11.8 Å². The lowest BCUT2D eigenvalue weighted by molar-refractivity contribution is -0.113. The summed E-state index contributed by atoms with van der Waals surface area (Å²) in [6.07, 6.45) is 4.52. The third kappa shape index (κ3) is 4.94. The normalized spacial score (nSPS) is 16.4. The molecule has 1 fully saturated rings. The van der Waals surface area contributed by atoms with Crippen LogP contribution in [0.5, 0.6) is 0 Å². The maximum absolute atomic E-state index is 12.8. The first-order chi connectivity index (χ1) is 13.5. The molecule has 0 bridgehead atoms. The van der Waals surface area contributed by atoms with Crippen molar-refractivity contribution in [3.63, 3.8) is 0 Å². The number of likely N-dealkylation sites (tertiary alicyclic amines) is 1. The van der Waals surface area contributed by atoms with Gasteiger partial charge in [-0.3, -0.25) is 9.59 Å². The first kappa shape index (κ1) is 20.4. The van der Waals surface area contributed by atoms with Gasteiger partial charge in [-0.05, 0) is 38.0 Å². The second-order valence-corrected chi connectivity index (χ2v) is 7.75. The molecule has 7 nitrogen and oxygen atoms in total. The number of nitrogens with one attached hydrogen (secondary N) is 1. The molecule has 1 aliphatic heterocycles. The van der Waals surface area contributed by atoms with Crippen molar-refractivity contribution in [1.82, 2.24) is 14.5 Å². The molecule has 1 atom stereocenters. The zero-order chi connectivity index (χ0) is 20.1. The highest BCUT2D eigenvalue weighted by Gasteiger charge is 2.27. The van der Waals surface area contributed by atoms with Crippen molar-refractivity contribution in [2.24, 2.45) is 7.05 Å². The van der Waals surface area contributed by atoms with Crippen molar-refractivity contribution in [3.05, 3.63) is 41.7 Å². The van der Waals surface area contributed by atoms with Crippen molar-refractivity contribution in [2.75, 3.05) is 30.8 Å². The van der Waals surface area contributed by atoms with Gasteiger partial charge < -0.3 is 19.5 Å². The lowest BCUT2D eigenvalue weighted by atomic mass is 10.1. The Morgan fingerprint density at radius 3 is 2.93 bits per heavy atom. The highest BCUT2D eigenvalue weighted by molar-refractivity contribution is 7.99. The van der Waals surface area contributed by atoms with E-state index < -0.39 is 0 Å². The summed E-state index contributed by atoms with van der Waals surface area (Å²) in [5.74, 6) is 0.100. The van der Waals surface area contributed by atoms with Crippen molar-refractivity contribution >= 4 is 29.3 Å². The molecule has 1 unspecified atom stereocenters. The number of hydrogen-bond acceptors (Lipinski definition) is 5. The summed E-state index contributed by atoms with van der Waals surface area (Å²) in [7, 11) is 1.89. The summed E-state index contributed by atoms with van der Waals surface area (Å²) >= 11 is 1.37. The summed E-state index contributed by atoms with van der Waals surface area (Å²) in [6, 6.07) is 5.43. The molecule has 28 heavy (non-hydrogen) atoms. The third-order valence-electron chi connectivity index (χ3n) is 4.70. The summed E-state index contributed by atoms with van der Waals surface area (Å²) < 4.78 is 7.49. The van der Waals surface area contributed by atoms with Crippen LogP contribution in [-0.2, 0) is 16.6 Å². The molecule has 3 rings (SSSR count). The van der Waals surface area contributed by atoms with Crippen LogP contribution in [0.4, 0.5) is 5.69 Å². The molecule has 2 aromatic rings. The number of nitrogens with zero attached hydrogens (tertiary/aromatic N) is 3. The fourth-order valence-electron chi connectivity index (χ4n) is 3.16. The van der Waals surface area contributed by atoms with Crippen molar-refractivity contribution in [1.29, 1.82) is 0 Å². The second-order valence-electron chi connectivity index (χ2n) is 6.80. The van der Waals surface area contributed by atoms with Crippen LogP contribution in [0.25, 0.3) is 0 Å². The molecule has 0 aliphatic carbocycles. The minimum Gasteiger partial charge on any atom is -0.377 e. The Morgan fingerprint density at radius 1 is 1.39 bits per heavy atom. The van der Waals surface area contributed by atoms with Gasteiger partial charge in [0.2, 0.25) is 5.91 Å². The average molecular weight is 403 g/mol. The van der Waals surface area contributed by atoms with Crippen LogP contribution in [0.3, 0.4) is 0 Å². The maximum Gasteiger partial charge on any atom is 0.254 e. The van der Waals surface area contributed by atoms with Gasteiger partial charge in [-0.2, -0.15) is 0 Å². The van der Waals surface area contributed by atoms with Crippen molar-refractivity contribution < 1.29 is 14.3 Å². The molecule has 8 heteroatoms. The number of carbonyl (C=O) groups is 2. The Kier molecular flexibility index (Phi) is 6.74. The van der Waals surface area contributed by atoms with E-state index in [1.807, 2.05) is 48.7 Å². The van der Waals surface area contributed by atoms with Gasteiger partial charge in [0.25, 0.3) is 5.91 Å². The molecule has 1 N–H and O–H groups in total. The number of thioether (sulfide) groups is 1. The predicted octanol–water partition coefficient (Wildman–Crippen LogP) is 2.71. The summed E-state index contributed by atoms with van der Waals surface area (Å²) in [5.41, 5.74) is 2.16. The molecular formula is C20H26N4O3S. The van der Waals surface area contributed by atoms with Gasteiger partial charge in [-0.25, -0.2) is 4.98 Å². The van der Waals surface area contributed by atoms with Crippen LogP contribution < -0.4 is 5.32 Å². The van der Waals surface area contributed by atoms with Gasteiger partial charge >= 0.3 is 0 Å². The van der Waals surface area contributed by atoms with E-state index in [-0.39, 0.29) is 23.7 Å². The number of aromatic nitrogens is 2. The smallest absolute Gasteiger partial charge is 0.254 e. The number of hydrogen-bond donors (Lipinski definition) is 1. The molecular weight excluding hydrogens is 376 g/mol. The standard InChI is InChI=1S/C20H26N4O3S/c1-4-27-16-7-9-24(12-16)19(26)15-6-5-14(2)17(11-15)22-18(25)13-28-20-21-8-10-23(20)3/h5-6,8,10-11,16H,4,7,9,12-13H2,1-3H3,(H,22,25). The quantitative estimate of drug-likeness (QED) is 0.721. The lowest BCUT2D eigenvalue weighted by Crippen LogP contribution is -2.30.